The molecule has 1 amide bonds. The minimum Gasteiger partial charge on any atom is -0.378 e. The van der Waals surface area contributed by atoms with Gasteiger partial charge < -0.3 is 14.2 Å². The van der Waals surface area contributed by atoms with Gasteiger partial charge in [-0.05, 0) is 45.1 Å². The summed E-state index contributed by atoms with van der Waals surface area (Å²) in [5.41, 5.74) is 2.72. The number of carbonyl (C=O) groups is 1. The van der Waals surface area contributed by atoms with Crippen LogP contribution in [-0.4, -0.2) is 64.7 Å². The standard InChI is InChI=1S/C18H28N4O2/c1-20-15-6-3-2-5-14(15)19-18(20)16-7-4-8-22(16)13-17(23)21-9-11-24-12-10-21/h16H,2-13H2,1H3/t16-/m0/s1. The highest BCUT2D eigenvalue weighted by atomic mass is 16.5. The smallest absolute Gasteiger partial charge is 0.236 e. The molecule has 1 aromatic heterocycles. The van der Waals surface area contributed by atoms with Gasteiger partial charge in [-0.1, -0.05) is 0 Å². The number of fused-ring (bicyclic) bond motifs is 1. The van der Waals surface area contributed by atoms with E-state index in [4.69, 9.17) is 9.72 Å². The second-order valence-corrected chi connectivity index (χ2v) is 7.25. The molecule has 0 N–H and O–H groups in total. The lowest BCUT2D eigenvalue weighted by molar-refractivity contribution is -0.136. The molecular weight excluding hydrogens is 304 g/mol. The van der Waals surface area contributed by atoms with E-state index in [-0.39, 0.29) is 5.91 Å². The maximum atomic E-state index is 12.6. The topological polar surface area (TPSA) is 50.6 Å². The van der Waals surface area contributed by atoms with E-state index in [1.165, 1.54) is 30.1 Å². The van der Waals surface area contributed by atoms with Crippen LogP contribution >= 0.6 is 0 Å². The normalized spacial score (nSPS) is 25.0. The summed E-state index contributed by atoms with van der Waals surface area (Å²) in [7, 11) is 2.16. The number of hydrogen-bond acceptors (Lipinski definition) is 4. The van der Waals surface area contributed by atoms with Gasteiger partial charge in [-0.3, -0.25) is 9.69 Å². The number of likely N-dealkylation sites (tertiary alicyclic amines) is 1. The summed E-state index contributed by atoms with van der Waals surface area (Å²) in [4.78, 5) is 21.9. The van der Waals surface area contributed by atoms with Crippen LogP contribution in [-0.2, 0) is 29.4 Å². The number of aryl methyl sites for hydroxylation is 1. The van der Waals surface area contributed by atoms with Gasteiger partial charge in [-0.2, -0.15) is 0 Å². The first-order valence-corrected chi connectivity index (χ1v) is 9.38. The minimum absolute atomic E-state index is 0.240. The molecule has 0 saturated carbocycles. The Labute approximate surface area is 143 Å². The van der Waals surface area contributed by atoms with Crippen molar-refractivity contribution >= 4 is 5.91 Å². The number of imidazole rings is 1. The van der Waals surface area contributed by atoms with E-state index in [2.05, 4.69) is 16.5 Å². The van der Waals surface area contributed by atoms with E-state index in [1.807, 2.05) is 4.90 Å². The Morgan fingerprint density at radius 1 is 1.17 bits per heavy atom. The molecular formula is C18H28N4O2. The van der Waals surface area contributed by atoms with Crippen LogP contribution in [0, 0.1) is 0 Å². The Balaban J connectivity index is 1.48. The van der Waals surface area contributed by atoms with Crippen molar-refractivity contribution in [3.8, 4) is 0 Å². The molecule has 132 valence electrons. The zero-order valence-corrected chi connectivity index (χ0v) is 14.7. The minimum atomic E-state index is 0.240. The lowest BCUT2D eigenvalue weighted by Gasteiger charge is -2.30. The Morgan fingerprint density at radius 2 is 1.96 bits per heavy atom. The number of ether oxygens (including phenoxy) is 1. The van der Waals surface area contributed by atoms with Gasteiger partial charge in [-0.15, -0.1) is 0 Å². The van der Waals surface area contributed by atoms with E-state index in [1.54, 1.807) is 0 Å². The number of morpholine rings is 1. The third-order valence-electron chi connectivity index (χ3n) is 5.77. The molecule has 6 nitrogen and oxygen atoms in total. The average molecular weight is 332 g/mol. The molecule has 3 aliphatic rings. The summed E-state index contributed by atoms with van der Waals surface area (Å²) in [6.07, 6.45) is 7.06. The molecule has 2 fully saturated rings. The highest BCUT2D eigenvalue weighted by Crippen LogP contribution is 2.33. The van der Waals surface area contributed by atoms with Crippen molar-refractivity contribution < 1.29 is 9.53 Å². The quantitative estimate of drug-likeness (QED) is 0.837. The van der Waals surface area contributed by atoms with E-state index in [9.17, 15) is 4.79 Å². The molecule has 2 saturated heterocycles. The van der Waals surface area contributed by atoms with E-state index >= 15 is 0 Å². The molecule has 1 aliphatic carbocycles. The number of amides is 1. The molecule has 0 unspecified atom stereocenters. The molecule has 3 heterocycles. The predicted molar refractivity (Wildman–Crippen MR) is 90.8 cm³/mol. The van der Waals surface area contributed by atoms with Crippen LogP contribution < -0.4 is 0 Å². The van der Waals surface area contributed by atoms with Gasteiger partial charge in [0.2, 0.25) is 5.91 Å². The zero-order valence-electron chi connectivity index (χ0n) is 14.7. The Hall–Kier alpha value is -1.40. The summed E-state index contributed by atoms with van der Waals surface area (Å²) in [5, 5.41) is 0. The summed E-state index contributed by atoms with van der Waals surface area (Å²) in [5.74, 6) is 1.42. The third-order valence-corrected chi connectivity index (χ3v) is 5.77. The van der Waals surface area contributed by atoms with Crippen molar-refractivity contribution in [1.82, 2.24) is 19.4 Å². The number of rotatable bonds is 3. The van der Waals surface area contributed by atoms with Gasteiger partial charge in [0.25, 0.3) is 0 Å². The summed E-state index contributed by atoms with van der Waals surface area (Å²) < 4.78 is 7.67. The Bertz CT molecular complexity index is 606. The van der Waals surface area contributed by atoms with Crippen molar-refractivity contribution in [2.24, 2.45) is 7.05 Å². The zero-order chi connectivity index (χ0) is 16.5. The van der Waals surface area contributed by atoms with E-state index < -0.39 is 0 Å². The maximum Gasteiger partial charge on any atom is 0.236 e. The SMILES string of the molecule is Cn1c([C@@H]2CCCN2CC(=O)N2CCOCC2)nc2c1CCCC2. The molecule has 24 heavy (non-hydrogen) atoms. The lowest BCUT2D eigenvalue weighted by atomic mass is 10.0. The average Bonchev–Trinajstić information content (AvgIpc) is 3.20. The highest BCUT2D eigenvalue weighted by molar-refractivity contribution is 5.78. The number of hydrogen-bond donors (Lipinski definition) is 0. The van der Waals surface area contributed by atoms with Crippen molar-refractivity contribution in [3.63, 3.8) is 0 Å². The molecule has 2 aliphatic heterocycles. The molecule has 0 spiro atoms. The molecule has 0 bridgehead atoms. The largest absolute Gasteiger partial charge is 0.378 e. The Morgan fingerprint density at radius 3 is 2.75 bits per heavy atom. The van der Waals surface area contributed by atoms with Gasteiger partial charge in [0.05, 0.1) is 31.5 Å². The number of aromatic nitrogens is 2. The van der Waals surface area contributed by atoms with Crippen LogP contribution in [0.5, 0.6) is 0 Å². The van der Waals surface area contributed by atoms with Gasteiger partial charge in [0.15, 0.2) is 0 Å². The Kier molecular flexibility index (Phi) is 4.59. The van der Waals surface area contributed by atoms with Crippen LogP contribution in [0.3, 0.4) is 0 Å². The van der Waals surface area contributed by atoms with Gasteiger partial charge in [0, 0.05) is 25.8 Å². The molecule has 0 radical (unpaired) electrons. The van der Waals surface area contributed by atoms with Crippen molar-refractivity contribution in [1.29, 1.82) is 0 Å². The second kappa shape index (κ2) is 6.84. The molecule has 6 heteroatoms. The van der Waals surface area contributed by atoms with Crippen molar-refractivity contribution in [2.75, 3.05) is 39.4 Å². The predicted octanol–water partition coefficient (Wildman–Crippen LogP) is 1.29. The number of carbonyl (C=O) groups excluding carboxylic acids is 1. The fourth-order valence-electron chi connectivity index (χ4n) is 4.40. The molecule has 0 aromatic carbocycles. The first-order chi connectivity index (χ1) is 11.7. The van der Waals surface area contributed by atoms with Gasteiger partial charge in [0.1, 0.15) is 5.82 Å². The van der Waals surface area contributed by atoms with Crippen LogP contribution in [0.4, 0.5) is 0 Å². The summed E-state index contributed by atoms with van der Waals surface area (Å²) in [6.45, 7) is 4.31. The first kappa shape index (κ1) is 16.1. The van der Waals surface area contributed by atoms with Crippen LogP contribution in [0.2, 0.25) is 0 Å². The lowest BCUT2D eigenvalue weighted by Crippen LogP contribution is -2.45. The maximum absolute atomic E-state index is 12.6. The third kappa shape index (κ3) is 2.97. The van der Waals surface area contributed by atoms with Crippen LogP contribution in [0.1, 0.15) is 48.9 Å². The molecule has 1 atom stereocenters. The highest BCUT2D eigenvalue weighted by Gasteiger charge is 2.33. The van der Waals surface area contributed by atoms with Crippen LogP contribution in [0.25, 0.3) is 0 Å². The molecule has 4 rings (SSSR count). The van der Waals surface area contributed by atoms with Gasteiger partial charge >= 0.3 is 0 Å². The van der Waals surface area contributed by atoms with Crippen molar-refractivity contribution in [2.45, 2.75) is 44.6 Å². The van der Waals surface area contributed by atoms with E-state index in [0.717, 1.165) is 45.3 Å². The van der Waals surface area contributed by atoms with Crippen LogP contribution in [0.15, 0.2) is 0 Å². The van der Waals surface area contributed by atoms with Crippen molar-refractivity contribution in [3.05, 3.63) is 17.2 Å². The van der Waals surface area contributed by atoms with E-state index in [0.29, 0.717) is 25.8 Å². The summed E-state index contributed by atoms with van der Waals surface area (Å²) in [6, 6.07) is 0.297. The second-order valence-electron chi connectivity index (χ2n) is 7.25. The monoisotopic (exact) mass is 332 g/mol. The molecule has 1 aromatic rings. The van der Waals surface area contributed by atoms with Gasteiger partial charge in [-0.25, -0.2) is 4.98 Å². The number of nitrogens with zero attached hydrogens (tertiary/aromatic N) is 4. The first-order valence-electron chi connectivity index (χ1n) is 9.38. The fraction of sp³-hybridized carbons (Fsp3) is 0.778. The summed E-state index contributed by atoms with van der Waals surface area (Å²) >= 11 is 0. The fourth-order valence-corrected chi connectivity index (χ4v) is 4.40.